The summed E-state index contributed by atoms with van der Waals surface area (Å²) in [5.41, 5.74) is 1.82. The molecule has 2 aliphatic rings. The van der Waals surface area contributed by atoms with E-state index in [2.05, 4.69) is 23.6 Å². The van der Waals surface area contributed by atoms with Crippen LogP contribution < -0.4 is 10.6 Å². The molecule has 3 rings (SSSR count). The molecule has 1 aromatic rings. The Kier molecular flexibility index (Phi) is 5.92. The molecule has 0 saturated heterocycles. The molecule has 2 fully saturated rings. The monoisotopic (exact) mass is 353 g/mol. The van der Waals surface area contributed by atoms with E-state index in [0.717, 1.165) is 44.9 Å². The largest absolute Gasteiger partial charge is 0.349 e. The highest BCUT2D eigenvalue weighted by Gasteiger charge is 2.37. The second-order valence-corrected chi connectivity index (χ2v) is 7.47. The average Bonchev–Trinajstić information content (AvgIpc) is 3.51. The minimum absolute atomic E-state index is 0.0882. The van der Waals surface area contributed by atoms with Crippen molar-refractivity contribution in [1.82, 2.24) is 10.6 Å². The zero-order valence-corrected chi connectivity index (χ0v) is 15.3. The predicted molar refractivity (Wildman–Crippen MR) is 99.3 cm³/mol. The fourth-order valence-corrected chi connectivity index (χ4v) is 3.71. The predicted octanol–water partition coefficient (Wildman–Crippen LogP) is 2.96. The van der Waals surface area contributed by atoms with Crippen LogP contribution in [0.25, 0.3) is 0 Å². The van der Waals surface area contributed by atoms with E-state index in [0.29, 0.717) is 11.5 Å². The maximum absolute atomic E-state index is 12.7. The molecule has 2 aliphatic carbocycles. The minimum Gasteiger partial charge on any atom is -0.349 e. The van der Waals surface area contributed by atoms with Crippen LogP contribution in [0, 0.1) is 23.2 Å². The van der Waals surface area contributed by atoms with Gasteiger partial charge >= 0.3 is 0 Å². The van der Waals surface area contributed by atoms with Gasteiger partial charge in [-0.1, -0.05) is 31.9 Å². The molecule has 2 saturated carbocycles. The lowest BCUT2D eigenvalue weighted by molar-refractivity contribution is -0.127. The van der Waals surface area contributed by atoms with Crippen LogP contribution in [0.1, 0.15) is 61.4 Å². The van der Waals surface area contributed by atoms with Gasteiger partial charge in [-0.2, -0.15) is 5.26 Å². The summed E-state index contributed by atoms with van der Waals surface area (Å²) >= 11 is 0. The Morgan fingerprint density at radius 2 is 1.85 bits per heavy atom. The van der Waals surface area contributed by atoms with Crippen LogP contribution in [0.15, 0.2) is 24.3 Å². The lowest BCUT2D eigenvalue weighted by Crippen LogP contribution is -2.50. The van der Waals surface area contributed by atoms with E-state index in [9.17, 15) is 14.9 Å². The van der Waals surface area contributed by atoms with Gasteiger partial charge in [-0.25, -0.2) is 0 Å². The second-order valence-electron chi connectivity index (χ2n) is 7.47. The van der Waals surface area contributed by atoms with Crippen molar-refractivity contribution in [2.24, 2.45) is 11.8 Å². The molecule has 1 aromatic carbocycles. The molecule has 26 heavy (non-hydrogen) atoms. The number of carbonyl (C=O) groups is 2. The molecule has 0 radical (unpaired) electrons. The first-order valence-corrected chi connectivity index (χ1v) is 9.72. The third kappa shape index (κ3) is 4.43. The van der Waals surface area contributed by atoms with Crippen molar-refractivity contribution in [3.05, 3.63) is 35.4 Å². The van der Waals surface area contributed by atoms with Gasteiger partial charge in [0, 0.05) is 11.6 Å². The Bertz CT molecular complexity index is 688. The maximum Gasteiger partial charge on any atom is 0.251 e. The van der Waals surface area contributed by atoms with Crippen molar-refractivity contribution in [1.29, 1.82) is 5.26 Å². The molecule has 138 valence electrons. The van der Waals surface area contributed by atoms with Gasteiger partial charge in [0.25, 0.3) is 5.91 Å². The van der Waals surface area contributed by atoms with Gasteiger partial charge < -0.3 is 10.6 Å². The van der Waals surface area contributed by atoms with Crippen molar-refractivity contribution < 1.29 is 9.59 Å². The number of hydrogen-bond donors (Lipinski definition) is 2. The number of nitriles is 1. The van der Waals surface area contributed by atoms with Gasteiger partial charge in [-0.3, -0.25) is 9.59 Å². The first kappa shape index (κ1) is 18.4. The van der Waals surface area contributed by atoms with Crippen LogP contribution in [-0.4, -0.2) is 23.9 Å². The first-order chi connectivity index (χ1) is 12.6. The summed E-state index contributed by atoms with van der Waals surface area (Å²) in [6.45, 7) is 2.08. The Balaban J connectivity index is 1.63. The molecule has 1 unspecified atom stereocenters. The summed E-state index contributed by atoms with van der Waals surface area (Å²) in [4.78, 5) is 25.3. The van der Waals surface area contributed by atoms with Gasteiger partial charge in [0.1, 0.15) is 6.04 Å². The summed E-state index contributed by atoms with van der Waals surface area (Å²) in [5.74, 6) is -0.166. The van der Waals surface area contributed by atoms with Crippen molar-refractivity contribution in [2.45, 2.75) is 64.0 Å². The van der Waals surface area contributed by atoms with E-state index in [4.69, 9.17) is 0 Å². The van der Waals surface area contributed by atoms with Crippen LogP contribution >= 0.6 is 0 Å². The van der Waals surface area contributed by atoms with E-state index in [1.165, 1.54) is 5.56 Å². The molecule has 0 aliphatic heterocycles. The van der Waals surface area contributed by atoms with E-state index < -0.39 is 0 Å². The van der Waals surface area contributed by atoms with E-state index in [1.807, 2.05) is 24.3 Å². The van der Waals surface area contributed by atoms with Gasteiger partial charge in [-0.05, 0) is 55.7 Å². The normalized spacial score (nSPS) is 23.5. The van der Waals surface area contributed by atoms with E-state index in [1.54, 1.807) is 0 Å². The van der Waals surface area contributed by atoms with Crippen molar-refractivity contribution in [3.63, 3.8) is 0 Å². The molecule has 0 bridgehead atoms. The van der Waals surface area contributed by atoms with Gasteiger partial charge in [0.05, 0.1) is 12.0 Å². The van der Waals surface area contributed by atoms with Crippen LogP contribution in [0.4, 0.5) is 0 Å². The Hall–Kier alpha value is -2.35. The van der Waals surface area contributed by atoms with Crippen molar-refractivity contribution >= 4 is 11.8 Å². The third-order valence-electron chi connectivity index (χ3n) is 5.57. The molecule has 0 spiro atoms. The quantitative estimate of drug-likeness (QED) is 0.825. The number of hydrogen-bond acceptors (Lipinski definition) is 3. The average molecular weight is 353 g/mol. The minimum atomic E-state index is -0.387. The molecule has 5 heteroatoms. The topological polar surface area (TPSA) is 82.0 Å². The number of rotatable bonds is 6. The van der Waals surface area contributed by atoms with E-state index >= 15 is 0 Å². The van der Waals surface area contributed by atoms with E-state index in [-0.39, 0.29) is 29.8 Å². The van der Waals surface area contributed by atoms with Gasteiger partial charge in [-0.15, -0.1) is 0 Å². The number of carbonyl (C=O) groups excluding carboxylic acids is 2. The summed E-state index contributed by atoms with van der Waals surface area (Å²) in [6, 6.07) is 9.26. The summed E-state index contributed by atoms with van der Waals surface area (Å²) in [7, 11) is 0. The van der Waals surface area contributed by atoms with Crippen molar-refractivity contribution in [3.8, 4) is 6.07 Å². The lowest BCUT2D eigenvalue weighted by atomic mass is 9.83. The highest BCUT2D eigenvalue weighted by molar-refractivity contribution is 5.95. The molecule has 0 aromatic heterocycles. The summed E-state index contributed by atoms with van der Waals surface area (Å²) in [6.07, 6.45) is 6.51. The number of benzene rings is 1. The second kappa shape index (κ2) is 8.35. The zero-order chi connectivity index (χ0) is 18.5. The highest BCUT2D eigenvalue weighted by atomic mass is 16.2. The number of aryl methyl sites for hydroxylation is 1. The molecule has 0 heterocycles. The number of nitrogens with zero attached hydrogens (tertiary/aromatic N) is 1. The Labute approximate surface area is 155 Å². The zero-order valence-electron chi connectivity index (χ0n) is 15.3. The molecule has 2 amide bonds. The fourth-order valence-electron chi connectivity index (χ4n) is 3.71. The summed E-state index contributed by atoms with van der Waals surface area (Å²) < 4.78 is 0. The smallest absolute Gasteiger partial charge is 0.251 e. The molecular formula is C21H27N3O2. The molecular weight excluding hydrogens is 326 g/mol. The SMILES string of the molecule is CCc1ccc(C(=O)N[C@@H]2CCCC[C@@H]2C(=O)NC(C#N)C2CC2)cc1. The molecule has 3 atom stereocenters. The van der Waals surface area contributed by atoms with Crippen LogP contribution in [0.2, 0.25) is 0 Å². The maximum atomic E-state index is 12.7. The molecule has 2 N–H and O–H groups in total. The first-order valence-electron chi connectivity index (χ1n) is 9.72. The Morgan fingerprint density at radius 3 is 2.46 bits per heavy atom. The van der Waals surface area contributed by atoms with Crippen LogP contribution in [0.5, 0.6) is 0 Å². The molecule has 5 nitrogen and oxygen atoms in total. The van der Waals surface area contributed by atoms with Crippen molar-refractivity contribution in [2.75, 3.05) is 0 Å². The summed E-state index contributed by atoms with van der Waals surface area (Å²) in [5, 5.41) is 15.2. The Morgan fingerprint density at radius 1 is 1.15 bits per heavy atom. The lowest BCUT2D eigenvalue weighted by Gasteiger charge is -2.32. The number of amides is 2. The van der Waals surface area contributed by atoms with Gasteiger partial charge in [0.2, 0.25) is 5.91 Å². The number of nitrogens with one attached hydrogen (secondary N) is 2. The van der Waals surface area contributed by atoms with Crippen LogP contribution in [0.3, 0.4) is 0 Å². The van der Waals surface area contributed by atoms with Crippen LogP contribution in [-0.2, 0) is 11.2 Å². The van der Waals surface area contributed by atoms with Gasteiger partial charge in [0.15, 0.2) is 0 Å². The standard InChI is InChI=1S/C21H27N3O2/c1-2-14-7-9-16(10-8-14)20(25)23-18-6-4-3-5-17(18)21(26)24-19(13-22)15-11-12-15/h7-10,15,17-19H,2-6,11-12H2,1H3,(H,23,25)(H,24,26)/t17-,18+,19?/m0/s1. The third-order valence-corrected chi connectivity index (χ3v) is 5.57. The fraction of sp³-hybridized carbons (Fsp3) is 0.571. The highest BCUT2D eigenvalue weighted by Crippen LogP contribution is 2.33.